The van der Waals surface area contributed by atoms with Crippen LogP contribution in [0.5, 0.6) is 5.75 Å². The minimum absolute atomic E-state index is 0.119. The summed E-state index contributed by atoms with van der Waals surface area (Å²) < 4.78 is 44.3. The van der Waals surface area contributed by atoms with Gasteiger partial charge < -0.3 is 14.6 Å². The van der Waals surface area contributed by atoms with E-state index < -0.39 is 23.8 Å². The number of hydrogen-bond acceptors (Lipinski definition) is 4. The zero-order valence-corrected chi connectivity index (χ0v) is 14.3. The second-order valence-corrected chi connectivity index (χ2v) is 6.35. The topological polar surface area (TPSA) is 66.4 Å². The molecule has 0 fully saturated rings. The van der Waals surface area contributed by atoms with E-state index in [1.54, 1.807) is 24.3 Å². The van der Waals surface area contributed by atoms with Crippen LogP contribution in [-0.2, 0) is 11.2 Å². The standard InChI is InChI=1S/C19H12ClF3O4/c20-15-7-13-6-14(18(25)26)17(19(21,22)23)27-16(13)8-12(15)5-10-1-3-11(9-24)4-2-10/h1-4,6-9,17H,5H2,(H,25,26)/p-1. The first-order valence-corrected chi connectivity index (χ1v) is 8.09. The van der Waals surface area contributed by atoms with Crippen molar-refractivity contribution in [3.05, 3.63) is 69.2 Å². The molecule has 1 unspecified atom stereocenters. The highest BCUT2D eigenvalue weighted by Gasteiger charge is 2.46. The third kappa shape index (κ3) is 3.98. The molecular weight excluding hydrogens is 385 g/mol. The van der Waals surface area contributed by atoms with Gasteiger partial charge in [0.25, 0.3) is 0 Å². The van der Waals surface area contributed by atoms with E-state index in [1.165, 1.54) is 12.1 Å². The van der Waals surface area contributed by atoms with Crippen molar-refractivity contribution in [3.63, 3.8) is 0 Å². The number of rotatable bonds is 4. The number of benzene rings is 2. The summed E-state index contributed by atoms with van der Waals surface area (Å²) in [5.74, 6) is -2.08. The van der Waals surface area contributed by atoms with Crippen LogP contribution in [0.25, 0.3) is 6.08 Å². The van der Waals surface area contributed by atoms with Crippen LogP contribution < -0.4 is 9.84 Å². The molecule has 2 aromatic carbocycles. The molecule has 0 radical (unpaired) electrons. The molecule has 0 saturated heterocycles. The number of carboxylic acid groups (broad SMARTS) is 1. The highest BCUT2D eigenvalue weighted by atomic mass is 35.5. The van der Waals surface area contributed by atoms with E-state index in [2.05, 4.69) is 0 Å². The molecule has 1 aliphatic rings. The molecule has 140 valence electrons. The van der Waals surface area contributed by atoms with Gasteiger partial charge in [-0.2, -0.15) is 13.2 Å². The second-order valence-electron chi connectivity index (χ2n) is 5.94. The number of aldehydes is 1. The van der Waals surface area contributed by atoms with Gasteiger partial charge in [0, 0.05) is 21.7 Å². The van der Waals surface area contributed by atoms with Gasteiger partial charge in [-0.3, -0.25) is 4.79 Å². The number of carbonyl (C=O) groups excluding carboxylic acids is 2. The Kier molecular flexibility index (Phi) is 4.97. The van der Waals surface area contributed by atoms with E-state index >= 15 is 0 Å². The van der Waals surface area contributed by atoms with Gasteiger partial charge >= 0.3 is 6.18 Å². The number of fused-ring (bicyclic) bond motifs is 1. The smallest absolute Gasteiger partial charge is 0.429 e. The molecule has 0 saturated carbocycles. The minimum atomic E-state index is -4.91. The third-order valence-corrected chi connectivity index (χ3v) is 4.41. The molecule has 0 bridgehead atoms. The summed E-state index contributed by atoms with van der Waals surface area (Å²) in [7, 11) is 0. The molecule has 1 aliphatic heterocycles. The first-order valence-electron chi connectivity index (χ1n) is 7.72. The van der Waals surface area contributed by atoms with Crippen LogP contribution >= 0.6 is 11.6 Å². The lowest BCUT2D eigenvalue weighted by atomic mass is 9.97. The molecule has 1 heterocycles. The fourth-order valence-electron chi connectivity index (χ4n) is 2.74. The van der Waals surface area contributed by atoms with E-state index in [4.69, 9.17) is 16.3 Å². The normalized spacial score (nSPS) is 16.1. The van der Waals surface area contributed by atoms with Gasteiger partial charge in [0.2, 0.25) is 6.10 Å². The van der Waals surface area contributed by atoms with Crippen LogP contribution in [0.3, 0.4) is 0 Å². The van der Waals surface area contributed by atoms with Gasteiger partial charge in [-0.15, -0.1) is 0 Å². The number of alkyl halides is 3. The SMILES string of the molecule is O=Cc1ccc(Cc2cc3c(cc2Cl)C=C(C(=O)[O-])C(C(F)(F)F)O3)cc1. The Morgan fingerprint density at radius 3 is 2.44 bits per heavy atom. The summed E-state index contributed by atoms with van der Waals surface area (Å²) >= 11 is 6.20. The summed E-state index contributed by atoms with van der Waals surface area (Å²) in [6, 6.07) is 9.33. The van der Waals surface area contributed by atoms with Crippen LogP contribution in [0.4, 0.5) is 13.2 Å². The van der Waals surface area contributed by atoms with Crippen LogP contribution in [0.15, 0.2) is 42.0 Å². The fraction of sp³-hybridized carbons (Fsp3) is 0.158. The molecule has 0 spiro atoms. The quantitative estimate of drug-likeness (QED) is 0.746. The molecule has 0 amide bonds. The molecule has 27 heavy (non-hydrogen) atoms. The predicted octanol–water partition coefficient (Wildman–Crippen LogP) is 3.20. The predicted molar refractivity (Wildman–Crippen MR) is 89.5 cm³/mol. The number of carbonyl (C=O) groups is 2. The van der Waals surface area contributed by atoms with Crippen molar-refractivity contribution in [1.82, 2.24) is 0 Å². The van der Waals surface area contributed by atoms with Gasteiger partial charge in [-0.05, 0) is 35.8 Å². The van der Waals surface area contributed by atoms with E-state index in [0.29, 0.717) is 23.8 Å². The number of halogens is 4. The average molecular weight is 396 g/mol. The highest BCUT2D eigenvalue weighted by molar-refractivity contribution is 6.31. The Hall–Kier alpha value is -2.80. The van der Waals surface area contributed by atoms with Crippen molar-refractivity contribution in [3.8, 4) is 5.75 Å². The van der Waals surface area contributed by atoms with E-state index in [9.17, 15) is 27.9 Å². The van der Waals surface area contributed by atoms with Gasteiger partial charge in [0.05, 0.1) is 5.97 Å². The van der Waals surface area contributed by atoms with E-state index in [1.807, 2.05) is 0 Å². The number of ether oxygens (including phenoxy) is 1. The minimum Gasteiger partial charge on any atom is -0.545 e. The molecule has 8 heteroatoms. The Bertz CT molecular complexity index is 933. The zero-order chi connectivity index (χ0) is 19.8. The lowest BCUT2D eigenvalue weighted by Gasteiger charge is -2.29. The lowest BCUT2D eigenvalue weighted by Crippen LogP contribution is -2.44. The van der Waals surface area contributed by atoms with Crippen molar-refractivity contribution in [2.45, 2.75) is 18.7 Å². The Morgan fingerprint density at radius 1 is 1.22 bits per heavy atom. The third-order valence-electron chi connectivity index (χ3n) is 4.06. The van der Waals surface area contributed by atoms with Crippen molar-refractivity contribution in [1.29, 1.82) is 0 Å². The summed E-state index contributed by atoms with van der Waals surface area (Å²) in [5, 5.41) is 11.3. The van der Waals surface area contributed by atoms with Crippen molar-refractivity contribution >= 4 is 29.9 Å². The zero-order valence-electron chi connectivity index (χ0n) is 13.5. The first kappa shape index (κ1) is 19.0. The van der Waals surface area contributed by atoms with Crippen molar-refractivity contribution < 1.29 is 32.6 Å². The number of hydrogen-bond donors (Lipinski definition) is 0. The largest absolute Gasteiger partial charge is 0.545 e. The van der Waals surface area contributed by atoms with Crippen LogP contribution in [0.1, 0.15) is 27.0 Å². The molecule has 2 aromatic rings. The molecule has 3 rings (SSSR count). The first-order chi connectivity index (χ1) is 12.7. The molecular formula is C19H11ClF3O4-. The molecule has 4 nitrogen and oxygen atoms in total. The summed E-state index contributed by atoms with van der Waals surface area (Å²) in [6.07, 6.45) is -5.67. The maximum Gasteiger partial charge on any atom is 0.429 e. The molecule has 0 aliphatic carbocycles. The van der Waals surface area contributed by atoms with Gasteiger partial charge in [-0.1, -0.05) is 35.9 Å². The van der Waals surface area contributed by atoms with Crippen LogP contribution in [-0.4, -0.2) is 24.5 Å². The monoisotopic (exact) mass is 395 g/mol. The number of carboxylic acids is 1. The molecule has 1 atom stereocenters. The summed E-state index contributed by atoms with van der Waals surface area (Å²) in [6.45, 7) is 0. The summed E-state index contributed by atoms with van der Waals surface area (Å²) in [4.78, 5) is 21.7. The second kappa shape index (κ2) is 7.08. The van der Waals surface area contributed by atoms with Gasteiger partial charge in [0.15, 0.2) is 0 Å². The fourth-order valence-corrected chi connectivity index (χ4v) is 2.98. The van der Waals surface area contributed by atoms with Gasteiger partial charge in [0.1, 0.15) is 12.0 Å². The van der Waals surface area contributed by atoms with Crippen LogP contribution in [0.2, 0.25) is 5.02 Å². The Balaban J connectivity index is 1.98. The van der Waals surface area contributed by atoms with Crippen molar-refractivity contribution in [2.75, 3.05) is 0 Å². The Morgan fingerprint density at radius 2 is 1.89 bits per heavy atom. The Labute approximate surface area is 156 Å². The van der Waals surface area contributed by atoms with Crippen molar-refractivity contribution in [2.24, 2.45) is 0 Å². The van der Waals surface area contributed by atoms with Gasteiger partial charge in [-0.25, -0.2) is 0 Å². The highest BCUT2D eigenvalue weighted by Crippen LogP contribution is 2.39. The maximum absolute atomic E-state index is 13.1. The average Bonchev–Trinajstić information content (AvgIpc) is 2.61. The van der Waals surface area contributed by atoms with E-state index in [-0.39, 0.29) is 16.3 Å². The summed E-state index contributed by atoms with van der Waals surface area (Å²) in [5.41, 5.74) is 0.895. The van der Waals surface area contributed by atoms with E-state index in [0.717, 1.165) is 11.6 Å². The molecule has 0 N–H and O–H groups in total. The molecule has 0 aromatic heterocycles. The van der Waals surface area contributed by atoms with Crippen LogP contribution in [0, 0.1) is 0 Å². The maximum atomic E-state index is 13.1. The number of aliphatic carboxylic acids is 1. The lowest BCUT2D eigenvalue weighted by molar-refractivity contribution is -0.302.